The number of aliphatic hydroxyl groups excluding tert-OH is 1. The third-order valence-electron chi connectivity index (χ3n) is 1.42. The quantitative estimate of drug-likeness (QED) is 0.562. The van der Waals surface area contributed by atoms with Gasteiger partial charge >= 0.3 is 5.69 Å². The van der Waals surface area contributed by atoms with E-state index in [0.717, 1.165) is 12.1 Å². The number of phenols is 1. The summed E-state index contributed by atoms with van der Waals surface area (Å²) in [5.41, 5.74) is 0.0882. The summed E-state index contributed by atoms with van der Waals surface area (Å²) in [5.74, 6) is -0.424. The van der Waals surface area contributed by atoms with Gasteiger partial charge in [0.2, 0.25) is 0 Å². The topological polar surface area (TPSA) is 83.6 Å². The number of nitro benzene ring substituents is 1. The SMILES string of the molecule is CC.O=[N+]([O-])c1ccc(CO)cc1O. The van der Waals surface area contributed by atoms with Crippen LogP contribution >= 0.6 is 0 Å². The number of benzene rings is 1. The van der Waals surface area contributed by atoms with Crippen molar-refractivity contribution in [1.29, 1.82) is 0 Å². The standard InChI is InChI=1S/C7H7NO4.C2H6/c9-4-5-1-2-6(8(11)12)7(10)3-5;1-2/h1-3,9-10H,4H2;1-2H3. The zero-order valence-electron chi connectivity index (χ0n) is 8.10. The molecule has 0 heterocycles. The van der Waals surface area contributed by atoms with Gasteiger partial charge in [-0.2, -0.15) is 0 Å². The molecule has 5 nitrogen and oxygen atoms in total. The van der Waals surface area contributed by atoms with Crippen molar-refractivity contribution < 1.29 is 15.1 Å². The molecule has 78 valence electrons. The Labute approximate surface area is 81.8 Å². The summed E-state index contributed by atoms with van der Waals surface area (Å²) in [6.45, 7) is 3.76. The smallest absolute Gasteiger partial charge is 0.310 e. The molecule has 14 heavy (non-hydrogen) atoms. The molecule has 1 aromatic carbocycles. The molecule has 0 atom stereocenters. The van der Waals surface area contributed by atoms with Gasteiger partial charge in [-0.3, -0.25) is 10.1 Å². The highest BCUT2D eigenvalue weighted by Crippen LogP contribution is 2.25. The summed E-state index contributed by atoms with van der Waals surface area (Å²) in [6.07, 6.45) is 0. The molecule has 0 aliphatic heterocycles. The summed E-state index contributed by atoms with van der Waals surface area (Å²) in [5, 5.41) is 27.9. The van der Waals surface area contributed by atoms with Gasteiger partial charge in [0.25, 0.3) is 0 Å². The molecule has 0 aliphatic carbocycles. The lowest BCUT2D eigenvalue weighted by atomic mass is 10.2. The molecule has 5 heteroatoms. The van der Waals surface area contributed by atoms with Crippen LogP contribution in [0, 0.1) is 10.1 Å². The minimum Gasteiger partial charge on any atom is -0.502 e. The van der Waals surface area contributed by atoms with Crippen LogP contribution in [0.2, 0.25) is 0 Å². The molecule has 0 aromatic heterocycles. The van der Waals surface area contributed by atoms with Crippen LogP contribution in [0.15, 0.2) is 18.2 Å². The maximum atomic E-state index is 10.2. The third kappa shape index (κ3) is 3.02. The lowest BCUT2D eigenvalue weighted by molar-refractivity contribution is -0.385. The van der Waals surface area contributed by atoms with E-state index in [-0.39, 0.29) is 12.3 Å². The van der Waals surface area contributed by atoms with Crippen molar-refractivity contribution >= 4 is 5.69 Å². The van der Waals surface area contributed by atoms with Crippen molar-refractivity contribution in [3.63, 3.8) is 0 Å². The summed E-state index contributed by atoms with van der Waals surface area (Å²) in [4.78, 5) is 9.52. The molecule has 0 radical (unpaired) electrons. The Morgan fingerprint density at radius 3 is 2.36 bits per heavy atom. The molecular weight excluding hydrogens is 186 g/mol. The minimum absolute atomic E-state index is 0.244. The van der Waals surface area contributed by atoms with Gasteiger partial charge in [-0.05, 0) is 17.7 Å². The number of aliphatic hydroxyl groups is 1. The normalized spacial score (nSPS) is 8.79. The second kappa shape index (κ2) is 5.93. The summed E-state index contributed by atoms with van der Waals surface area (Å²) >= 11 is 0. The number of aromatic hydroxyl groups is 1. The lowest BCUT2D eigenvalue weighted by Gasteiger charge is -1.97. The number of phenolic OH excluding ortho intramolecular Hbond substituents is 1. The van der Waals surface area contributed by atoms with Crippen molar-refractivity contribution in [3.05, 3.63) is 33.9 Å². The van der Waals surface area contributed by atoms with Gasteiger partial charge in [0.05, 0.1) is 11.5 Å². The molecule has 2 N–H and O–H groups in total. The fourth-order valence-corrected chi connectivity index (χ4v) is 0.822. The fourth-order valence-electron chi connectivity index (χ4n) is 0.822. The van der Waals surface area contributed by atoms with Crippen LogP contribution in [0.25, 0.3) is 0 Å². The predicted octanol–water partition coefficient (Wildman–Crippen LogP) is 1.82. The average molecular weight is 199 g/mol. The van der Waals surface area contributed by atoms with Gasteiger partial charge in [0, 0.05) is 6.07 Å². The van der Waals surface area contributed by atoms with E-state index in [1.54, 1.807) is 0 Å². The van der Waals surface area contributed by atoms with Crippen molar-refractivity contribution in [3.8, 4) is 5.75 Å². The minimum atomic E-state index is -0.684. The highest BCUT2D eigenvalue weighted by Gasteiger charge is 2.11. The molecule has 0 saturated heterocycles. The Kier molecular flexibility index (Phi) is 5.24. The first kappa shape index (κ1) is 12.4. The van der Waals surface area contributed by atoms with E-state index in [4.69, 9.17) is 10.2 Å². The Hall–Kier alpha value is -1.62. The molecule has 0 saturated carbocycles. The molecular formula is C9H13NO4. The molecule has 0 amide bonds. The zero-order chi connectivity index (χ0) is 11.1. The predicted molar refractivity (Wildman–Crippen MR) is 52.0 cm³/mol. The van der Waals surface area contributed by atoms with Crippen LogP contribution in [-0.4, -0.2) is 15.1 Å². The van der Waals surface area contributed by atoms with E-state index in [2.05, 4.69) is 0 Å². The first-order valence-corrected chi connectivity index (χ1v) is 4.22. The molecule has 0 aliphatic rings. The summed E-state index contributed by atoms with van der Waals surface area (Å²) in [7, 11) is 0. The van der Waals surface area contributed by atoms with E-state index in [1.807, 2.05) is 13.8 Å². The maximum absolute atomic E-state index is 10.2. The summed E-state index contributed by atoms with van der Waals surface area (Å²) in [6, 6.07) is 3.71. The highest BCUT2D eigenvalue weighted by molar-refractivity contribution is 5.47. The van der Waals surface area contributed by atoms with Crippen LogP contribution in [0.1, 0.15) is 19.4 Å². The number of nitrogens with zero attached hydrogens (tertiary/aromatic N) is 1. The largest absolute Gasteiger partial charge is 0.502 e. The van der Waals surface area contributed by atoms with E-state index in [1.165, 1.54) is 6.07 Å². The first-order valence-electron chi connectivity index (χ1n) is 4.22. The van der Waals surface area contributed by atoms with Gasteiger partial charge in [-0.15, -0.1) is 0 Å². The average Bonchev–Trinajstić information content (AvgIpc) is 2.20. The molecule has 0 bridgehead atoms. The van der Waals surface area contributed by atoms with Crippen LogP contribution < -0.4 is 0 Å². The van der Waals surface area contributed by atoms with Crippen molar-refractivity contribution in [1.82, 2.24) is 0 Å². The monoisotopic (exact) mass is 199 g/mol. The number of nitro groups is 1. The number of hydrogen-bond donors (Lipinski definition) is 2. The molecule has 0 fully saturated rings. The Morgan fingerprint density at radius 1 is 1.43 bits per heavy atom. The van der Waals surface area contributed by atoms with Crippen LogP contribution in [0.4, 0.5) is 5.69 Å². The van der Waals surface area contributed by atoms with Crippen molar-refractivity contribution in [2.24, 2.45) is 0 Å². The van der Waals surface area contributed by atoms with Gasteiger partial charge in [0.1, 0.15) is 0 Å². The van der Waals surface area contributed by atoms with Crippen molar-refractivity contribution in [2.75, 3.05) is 0 Å². The van der Waals surface area contributed by atoms with E-state index in [0.29, 0.717) is 5.56 Å². The van der Waals surface area contributed by atoms with Gasteiger partial charge < -0.3 is 10.2 Å². The van der Waals surface area contributed by atoms with Gasteiger partial charge in [-0.1, -0.05) is 13.8 Å². The van der Waals surface area contributed by atoms with Crippen LogP contribution in [0.5, 0.6) is 5.75 Å². The second-order valence-electron chi connectivity index (χ2n) is 2.24. The van der Waals surface area contributed by atoms with Crippen LogP contribution in [-0.2, 0) is 6.61 Å². The molecule has 1 aromatic rings. The first-order chi connectivity index (χ1) is 6.65. The number of hydrogen-bond acceptors (Lipinski definition) is 4. The zero-order valence-corrected chi connectivity index (χ0v) is 8.10. The molecule has 0 spiro atoms. The molecule has 0 unspecified atom stereocenters. The summed E-state index contributed by atoms with van der Waals surface area (Å²) < 4.78 is 0. The third-order valence-corrected chi connectivity index (χ3v) is 1.42. The Bertz CT molecular complexity index is 312. The number of rotatable bonds is 2. The van der Waals surface area contributed by atoms with E-state index in [9.17, 15) is 10.1 Å². The molecule has 1 rings (SSSR count). The second-order valence-corrected chi connectivity index (χ2v) is 2.24. The van der Waals surface area contributed by atoms with E-state index < -0.39 is 10.7 Å². The lowest BCUT2D eigenvalue weighted by Crippen LogP contribution is -1.90. The fraction of sp³-hybridized carbons (Fsp3) is 0.333. The van der Waals surface area contributed by atoms with Gasteiger partial charge in [-0.25, -0.2) is 0 Å². The Balaban J connectivity index is 0.000000791. The Morgan fingerprint density at radius 2 is 2.00 bits per heavy atom. The van der Waals surface area contributed by atoms with Crippen LogP contribution in [0.3, 0.4) is 0 Å². The van der Waals surface area contributed by atoms with E-state index >= 15 is 0 Å². The highest BCUT2D eigenvalue weighted by atomic mass is 16.6. The maximum Gasteiger partial charge on any atom is 0.310 e. The van der Waals surface area contributed by atoms with Crippen molar-refractivity contribution in [2.45, 2.75) is 20.5 Å². The van der Waals surface area contributed by atoms with Gasteiger partial charge in [0.15, 0.2) is 5.75 Å².